The minimum absolute atomic E-state index is 0.0905. The van der Waals surface area contributed by atoms with Crippen LogP contribution in [0.4, 0.5) is 0 Å². The number of para-hydroxylation sites is 1. The van der Waals surface area contributed by atoms with Gasteiger partial charge in [-0.2, -0.15) is 0 Å². The van der Waals surface area contributed by atoms with Gasteiger partial charge in [-0.25, -0.2) is 0 Å². The van der Waals surface area contributed by atoms with Crippen molar-refractivity contribution >= 4 is 5.91 Å². The molecule has 3 rings (SSSR count). The quantitative estimate of drug-likeness (QED) is 0.843. The van der Waals surface area contributed by atoms with Crippen LogP contribution in [0.1, 0.15) is 30.0 Å². The number of carbonyl (C=O) groups is 1. The second-order valence-corrected chi connectivity index (χ2v) is 6.05. The fraction of sp³-hybridized carbons (Fsp3) is 0.350. The van der Waals surface area contributed by atoms with Gasteiger partial charge in [0.2, 0.25) is 5.91 Å². The van der Waals surface area contributed by atoms with Gasteiger partial charge in [0.05, 0.1) is 19.8 Å². The van der Waals surface area contributed by atoms with E-state index in [0.717, 1.165) is 29.0 Å². The first-order valence-corrected chi connectivity index (χ1v) is 8.29. The maximum absolute atomic E-state index is 12.6. The number of carbonyl (C=O) groups excluding carboxylic acids is 1. The van der Waals surface area contributed by atoms with Crippen molar-refractivity contribution in [2.45, 2.75) is 25.3 Å². The van der Waals surface area contributed by atoms with E-state index in [1.54, 1.807) is 7.11 Å². The van der Waals surface area contributed by atoms with Gasteiger partial charge in [0.25, 0.3) is 0 Å². The molecular formula is C20H23NO3. The predicted molar refractivity (Wildman–Crippen MR) is 93.4 cm³/mol. The summed E-state index contributed by atoms with van der Waals surface area (Å²) in [5, 5.41) is 0. The number of ether oxygens (including phenoxy) is 2. The first-order chi connectivity index (χ1) is 11.7. The lowest BCUT2D eigenvalue weighted by atomic mass is 9.98. The number of benzene rings is 2. The first kappa shape index (κ1) is 16.4. The Morgan fingerprint density at radius 2 is 2.08 bits per heavy atom. The van der Waals surface area contributed by atoms with Gasteiger partial charge in [0, 0.05) is 25.5 Å². The molecule has 0 saturated heterocycles. The highest BCUT2D eigenvalue weighted by Gasteiger charge is 2.27. The van der Waals surface area contributed by atoms with Gasteiger partial charge in [-0.05, 0) is 30.2 Å². The number of hydrogen-bond donors (Lipinski definition) is 0. The minimum Gasteiger partial charge on any atom is -0.497 e. The van der Waals surface area contributed by atoms with E-state index < -0.39 is 0 Å². The summed E-state index contributed by atoms with van der Waals surface area (Å²) in [7, 11) is 3.54. The third-order valence-corrected chi connectivity index (χ3v) is 4.55. The SMILES string of the molecule is COc1cccc(CCC(=O)N(C)C2CCOc3ccccc32)c1. The minimum atomic E-state index is 0.0905. The summed E-state index contributed by atoms with van der Waals surface area (Å²) in [6, 6.07) is 15.9. The monoisotopic (exact) mass is 325 g/mol. The highest BCUT2D eigenvalue weighted by atomic mass is 16.5. The fourth-order valence-electron chi connectivity index (χ4n) is 3.15. The molecule has 0 bridgehead atoms. The van der Waals surface area contributed by atoms with E-state index in [0.29, 0.717) is 19.4 Å². The van der Waals surface area contributed by atoms with Crippen LogP contribution >= 0.6 is 0 Å². The van der Waals surface area contributed by atoms with Crippen LogP contribution in [-0.2, 0) is 11.2 Å². The van der Waals surface area contributed by atoms with E-state index in [-0.39, 0.29) is 11.9 Å². The molecule has 126 valence electrons. The second kappa shape index (κ2) is 7.39. The average Bonchev–Trinajstić information content (AvgIpc) is 2.65. The standard InChI is InChI=1S/C20H23NO3/c1-21(18-12-13-24-19-9-4-3-8-17(18)19)20(22)11-10-15-6-5-7-16(14-15)23-2/h3-9,14,18H,10-13H2,1-2H3. The van der Waals surface area contributed by atoms with Gasteiger partial charge >= 0.3 is 0 Å². The van der Waals surface area contributed by atoms with Gasteiger partial charge < -0.3 is 14.4 Å². The Morgan fingerprint density at radius 1 is 1.25 bits per heavy atom. The van der Waals surface area contributed by atoms with Crippen molar-refractivity contribution < 1.29 is 14.3 Å². The maximum Gasteiger partial charge on any atom is 0.223 e. The average molecular weight is 325 g/mol. The number of fused-ring (bicyclic) bond motifs is 1. The van der Waals surface area contributed by atoms with Crippen LogP contribution in [-0.4, -0.2) is 31.6 Å². The molecule has 0 fully saturated rings. The molecule has 0 aromatic heterocycles. The zero-order chi connectivity index (χ0) is 16.9. The molecule has 0 aliphatic carbocycles. The van der Waals surface area contributed by atoms with Crippen molar-refractivity contribution in [3.63, 3.8) is 0 Å². The molecule has 4 nitrogen and oxygen atoms in total. The molecule has 1 heterocycles. The molecule has 1 aliphatic heterocycles. The fourth-order valence-corrected chi connectivity index (χ4v) is 3.15. The lowest BCUT2D eigenvalue weighted by Gasteiger charge is -2.33. The normalized spacial score (nSPS) is 16.0. The van der Waals surface area contributed by atoms with E-state index in [1.165, 1.54) is 0 Å². The van der Waals surface area contributed by atoms with E-state index in [9.17, 15) is 4.79 Å². The molecule has 24 heavy (non-hydrogen) atoms. The molecule has 1 amide bonds. The summed E-state index contributed by atoms with van der Waals surface area (Å²) in [6.45, 7) is 0.648. The predicted octanol–water partition coefficient (Wildman–Crippen LogP) is 3.61. The largest absolute Gasteiger partial charge is 0.497 e. The third-order valence-electron chi connectivity index (χ3n) is 4.55. The van der Waals surface area contributed by atoms with Gasteiger partial charge in [-0.1, -0.05) is 30.3 Å². The van der Waals surface area contributed by atoms with Gasteiger partial charge in [-0.3, -0.25) is 4.79 Å². The Kier molecular flexibility index (Phi) is 5.04. The number of hydrogen-bond acceptors (Lipinski definition) is 3. The van der Waals surface area contributed by atoms with Crippen LogP contribution < -0.4 is 9.47 Å². The molecule has 1 aliphatic rings. The smallest absolute Gasteiger partial charge is 0.223 e. The summed E-state index contributed by atoms with van der Waals surface area (Å²) >= 11 is 0. The van der Waals surface area contributed by atoms with Gasteiger partial charge in [-0.15, -0.1) is 0 Å². The van der Waals surface area contributed by atoms with Crippen LogP contribution in [0.15, 0.2) is 48.5 Å². The van der Waals surface area contributed by atoms with Crippen molar-refractivity contribution in [3.05, 3.63) is 59.7 Å². The molecule has 2 aromatic carbocycles. The van der Waals surface area contributed by atoms with E-state index in [1.807, 2.05) is 60.5 Å². The summed E-state index contributed by atoms with van der Waals surface area (Å²) in [4.78, 5) is 14.5. The molecule has 4 heteroatoms. The Hall–Kier alpha value is -2.49. The van der Waals surface area contributed by atoms with Crippen LogP contribution in [0.5, 0.6) is 11.5 Å². The number of aryl methyl sites for hydroxylation is 1. The van der Waals surface area contributed by atoms with Crippen molar-refractivity contribution in [2.24, 2.45) is 0 Å². The molecule has 0 spiro atoms. The Labute approximate surface area is 143 Å². The highest BCUT2D eigenvalue weighted by Crippen LogP contribution is 2.35. The Morgan fingerprint density at radius 3 is 2.92 bits per heavy atom. The van der Waals surface area contributed by atoms with E-state index in [2.05, 4.69) is 0 Å². The van der Waals surface area contributed by atoms with E-state index in [4.69, 9.17) is 9.47 Å². The van der Waals surface area contributed by atoms with Crippen LogP contribution in [0.3, 0.4) is 0 Å². The topological polar surface area (TPSA) is 38.8 Å². The lowest BCUT2D eigenvalue weighted by molar-refractivity contribution is -0.132. The molecule has 0 radical (unpaired) electrons. The Bertz CT molecular complexity index is 714. The number of nitrogens with zero attached hydrogens (tertiary/aromatic N) is 1. The van der Waals surface area contributed by atoms with Crippen molar-refractivity contribution in [1.29, 1.82) is 0 Å². The van der Waals surface area contributed by atoms with Gasteiger partial charge in [0.1, 0.15) is 11.5 Å². The molecule has 0 N–H and O–H groups in total. The first-order valence-electron chi connectivity index (χ1n) is 8.29. The molecule has 1 unspecified atom stereocenters. The number of rotatable bonds is 5. The zero-order valence-corrected chi connectivity index (χ0v) is 14.2. The second-order valence-electron chi connectivity index (χ2n) is 6.05. The molecule has 0 saturated carbocycles. The lowest BCUT2D eigenvalue weighted by Crippen LogP contribution is -2.34. The maximum atomic E-state index is 12.6. The van der Waals surface area contributed by atoms with Crippen LogP contribution in [0, 0.1) is 0 Å². The zero-order valence-electron chi connectivity index (χ0n) is 14.2. The highest BCUT2D eigenvalue weighted by molar-refractivity contribution is 5.77. The molecule has 2 aromatic rings. The number of methoxy groups -OCH3 is 1. The van der Waals surface area contributed by atoms with Gasteiger partial charge in [0.15, 0.2) is 0 Å². The molecular weight excluding hydrogens is 302 g/mol. The van der Waals surface area contributed by atoms with Crippen molar-refractivity contribution in [3.8, 4) is 11.5 Å². The third kappa shape index (κ3) is 3.53. The summed E-state index contributed by atoms with van der Waals surface area (Å²) < 4.78 is 10.9. The summed E-state index contributed by atoms with van der Waals surface area (Å²) in [6.07, 6.45) is 2.03. The molecule has 1 atom stereocenters. The van der Waals surface area contributed by atoms with E-state index >= 15 is 0 Å². The summed E-state index contributed by atoms with van der Waals surface area (Å²) in [5.41, 5.74) is 2.21. The van der Waals surface area contributed by atoms with Crippen LogP contribution in [0.25, 0.3) is 0 Å². The van der Waals surface area contributed by atoms with Crippen LogP contribution in [0.2, 0.25) is 0 Å². The summed E-state index contributed by atoms with van der Waals surface area (Å²) in [5.74, 6) is 1.87. The number of amides is 1. The van der Waals surface area contributed by atoms with Crippen molar-refractivity contribution in [2.75, 3.05) is 20.8 Å². The Balaban J connectivity index is 1.65. The van der Waals surface area contributed by atoms with Crippen molar-refractivity contribution in [1.82, 2.24) is 4.90 Å².